The SMILES string of the molecule is CCC(=O)c1c(Cl)cc(OC2CC(CO)C(OC3OC(CO)C(O)C(O)C3O)C(O)C2O)cc1Cl. The van der Waals surface area contributed by atoms with Crippen LogP contribution in [0.1, 0.15) is 30.1 Å². The van der Waals surface area contributed by atoms with Crippen molar-refractivity contribution in [3.8, 4) is 5.75 Å². The molecule has 2 fully saturated rings. The third-order valence-electron chi connectivity index (χ3n) is 6.34. The summed E-state index contributed by atoms with van der Waals surface area (Å²) < 4.78 is 16.7. The van der Waals surface area contributed by atoms with Crippen molar-refractivity contribution < 1.29 is 54.8 Å². The molecule has 10 unspecified atom stereocenters. The Bertz CT molecular complexity index is 860. The van der Waals surface area contributed by atoms with Crippen molar-refractivity contribution in [1.82, 2.24) is 0 Å². The average Bonchev–Trinajstić information content (AvgIpc) is 2.83. The molecule has 0 bridgehead atoms. The second-order valence-corrected chi connectivity index (χ2v) is 9.47. The molecule has 1 aliphatic heterocycles. The fraction of sp³-hybridized carbons (Fsp3) is 0.682. The van der Waals surface area contributed by atoms with Crippen LogP contribution < -0.4 is 4.74 Å². The van der Waals surface area contributed by atoms with Crippen molar-refractivity contribution in [2.75, 3.05) is 13.2 Å². The van der Waals surface area contributed by atoms with Gasteiger partial charge in [-0.2, -0.15) is 0 Å². The summed E-state index contributed by atoms with van der Waals surface area (Å²) in [5, 5.41) is 70.9. The first-order chi connectivity index (χ1) is 16.5. The zero-order valence-electron chi connectivity index (χ0n) is 18.8. The van der Waals surface area contributed by atoms with Crippen LogP contribution in [0, 0.1) is 5.92 Å². The molecule has 3 rings (SSSR count). The number of aliphatic hydroxyl groups excluding tert-OH is 7. The number of aliphatic hydroxyl groups is 7. The van der Waals surface area contributed by atoms with Crippen LogP contribution in [0.4, 0.5) is 0 Å². The van der Waals surface area contributed by atoms with E-state index in [1.165, 1.54) is 12.1 Å². The van der Waals surface area contributed by atoms with E-state index in [-0.39, 0.29) is 40.0 Å². The lowest BCUT2D eigenvalue weighted by molar-refractivity contribution is -0.329. The molecule has 1 aromatic carbocycles. The molecule has 0 radical (unpaired) electrons. The number of ether oxygens (including phenoxy) is 3. The Morgan fingerprint density at radius 2 is 1.60 bits per heavy atom. The number of hydrogen-bond donors (Lipinski definition) is 7. The van der Waals surface area contributed by atoms with Crippen molar-refractivity contribution in [3.05, 3.63) is 27.7 Å². The van der Waals surface area contributed by atoms with Gasteiger partial charge in [-0.25, -0.2) is 0 Å². The third-order valence-corrected chi connectivity index (χ3v) is 6.94. The Morgan fingerprint density at radius 3 is 2.14 bits per heavy atom. The molecular formula is C22H30Cl2O11. The quantitative estimate of drug-likeness (QED) is 0.205. The third kappa shape index (κ3) is 5.91. The van der Waals surface area contributed by atoms with Gasteiger partial charge in [-0.3, -0.25) is 4.79 Å². The van der Waals surface area contributed by atoms with Crippen LogP contribution in [0.3, 0.4) is 0 Å². The zero-order chi connectivity index (χ0) is 26.0. The van der Waals surface area contributed by atoms with Gasteiger partial charge in [-0.15, -0.1) is 0 Å². The van der Waals surface area contributed by atoms with Crippen LogP contribution in [-0.2, 0) is 9.47 Å². The molecule has 1 saturated carbocycles. The first-order valence-electron chi connectivity index (χ1n) is 11.2. The van der Waals surface area contributed by atoms with Gasteiger partial charge in [0.2, 0.25) is 0 Å². The molecule has 198 valence electrons. The van der Waals surface area contributed by atoms with Crippen LogP contribution in [0.25, 0.3) is 0 Å². The van der Waals surface area contributed by atoms with Crippen molar-refractivity contribution in [1.29, 1.82) is 0 Å². The van der Waals surface area contributed by atoms with Gasteiger partial charge in [0.05, 0.1) is 28.3 Å². The van der Waals surface area contributed by atoms with Crippen molar-refractivity contribution in [2.24, 2.45) is 5.92 Å². The Kier molecular flexibility index (Phi) is 9.74. The summed E-state index contributed by atoms with van der Waals surface area (Å²) in [4.78, 5) is 12.0. The van der Waals surface area contributed by atoms with Crippen LogP contribution >= 0.6 is 23.2 Å². The fourth-order valence-electron chi connectivity index (χ4n) is 4.32. The maximum absolute atomic E-state index is 12.0. The lowest BCUT2D eigenvalue weighted by atomic mass is 9.80. The molecule has 13 heteroatoms. The smallest absolute Gasteiger partial charge is 0.187 e. The number of carbonyl (C=O) groups excluding carboxylic acids is 1. The zero-order valence-corrected chi connectivity index (χ0v) is 20.3. The van der Waals surface area contributed by atoms with E-state index in [9.17, 15) is 40.5 Å². The second kappa shape index (κ2) is 12.0. The molecule has 10 atom stereocenters. The predicted molar refractivity (Wildman–Crippen MR) is 121 cm³/mol. The normalized spacial score (nSPS) is 37.8. The standard InChI is InChI=1S/C22H30Cl2O11/c1-2-12(27)15-10(23)4-9(5-11(15)24)33-13-3-8(6-25)21(19(31)16(13)28)35-22-20(32)18(30)17(29)14(7-26)34-22/h4-5,8,13-14,16-22,25-26,28-32H,2-3,6-7H2,1H3. The van der Waals surface area contributed by atoms with Crippen molar-refractivity contribution in [2.45, 2.75) is 74.9 Å². The molecule has 1 heterocycles. The first kappa shape index (κ1) is 28.5. The lowest BCUT2D eigenvalue weighted by Gasteiger charge is -2.46. The van der Waals surface area contributed by atoms with Crippen molar-refractivity contribution >= 4 is 29.0 Å². The van der Waals surface area contributed by atoms with E-state index >= 15 is 0 Å². The Hall–Kier alpha value is -1.09. The highest BCUT2D eigenvalue weighted by molar-refractivity contribution is 6.40. The van der Waals surface area contributed by atoms with Gasteiger partial charge in [0.25, 0.3) is 0 Å². The summed E-state index contributed by atoms with van der Waals surface area (Å²) >= 11 is 12.4. The molecule has 7 N–H and O–H groups in total. The Balaban J connectivity index is 1.75. The summed E-state index contributed by atoms with van der Waals surface area (Å²) in [6, 6.07) is 2.72. The highest BCUT2D eigenvalue weighted by atomic mass is 35.5. The number of carbonyl (C=O) groups is 1. The van der Waals surface area contributed by atoms with Crippen LogP contribution in [0.2, 0.25) is 10.0 Å². The molecule has 0 amide bonds. The van der Waals surface area contributed by atoms with E-state index in [0.29, 0.717) is 0 Å². The Morgan fingerprint density at radius 1 is 0.971 bits per heavy atom. The monoisotopic (exact) mass is 540 g/mol. The topological polar surface area (TPSA) is 186 Å². The minimum absolute atomic E-state index is 0.0122. The van der Waals surface area contributed by atoms with Gasteiger partial charge in [-0.1, -0.05) is 30.1 Å². The minimum atomic E-state index is -1.72. The Labute approximate surface area is 211 Å². The van der Waals surface area contributed by atoms with Crippen LogP contribution in [0.5, 0.6) is 5.75 Å². The second-order valence-electron chi connectivity index (χ2n) is 8.65. The van der Waals surface area contributed by atoms with Gasteiger partial charge in [0.1, 0.15) is 48.5 Å². The van der Waals surface area contributed by atoms with E-state index in [1.54, 1.807) is 6.92 Å². The summed E-state index contributed by atoms with van der Waals surface area (Å²) in [5.74, 6) is -0.931. The molecule has 0 aromatic heterocycles. The van der Waals surface area contributed by atoms with Gasteiger partial charge in [0, 0.05) is 18.9 Å². The molecule has 1 saturated heterocycles. The van der Waals surface area contributed by atoms with E-state index in [2.05, 4.69) is 0 Å². The fourth-order valence-corrected chi connectivity index (χ4v) is 5.00. The van der Waals surface area contributed by atoms with Crippen molar-refractivity contribution in [3.63, 3.8) is 0 Å². The predicted octanol–water partition coefficient (Wildman–Crippen LogP) is -0.747. The van der Waals surface area contributed by atoms with Crippen LogP contribution in [-0.4, -0.2) is 110 Å². The van der Waals surface area contributed by atoms with E-state index in [4.69, 9.17) is 37.4 Å². The molecular weight excluding hydrogens is 511 g/mol. The number of hydrogen-bond acceptors (Lipinski definition) is 11. The van der Waals surface area contributed by atoms with E-state index in [0.717, 1.165) is 0 Å². The molecule has 2 aliphatic rings. The van der Waals surface area contributed by atoms with Gasteiger partial charge >= 0.3 is 0 Å². The molecule has 1 aliphatic carbocycles. The molecule has 0 spiro atoms. The number of benzene rings is 1. The molecule has 35 heavy (non-hydrogen) atoms. The highest BCUT2D eigenvalue weighted by Gasteiger charge is 2.50. The van der Waals surface area contributed by atoms with Gasteiger partial charge in [-0.05, 0) is 18.6 Å². The number of rotatable bonds is 8. The summed E-state index contributed by atoms with van der Waals surface area (Å²) in [6.45, 7) is 0.488. The lowest BCUT2D eigenvalue weighted by Crippen LogP contribution is -2.63. The number of halogens is 2. The largest absolute Gasteiger partial charge is 0.488 e. The van der Waals surface area contributed by atoms with Gasteiger partial charge < -0.3 is 50.0 Å². The highest BCUT2D eigenvalue weighted by Crippen LogP contribution is 2.36. The maximum atomic E-state index is 12.0. The first-order valence-corrected chi connectivity index (χ1v) is 11.9. The number of Topliss-reactive ketones (excluding diaryl/α,β-unsaturated/α-hetero) is 1. The molecule has 11 nitrogen and oxygen atoms in total. The van der Waals surface area contributed by atoms with Crippen LogP contribution in [0.15, 0.2) is 12.1 Å². The minimum Gasteiger partial charge on any atom is -0.488 e. The summed E-state index contributed by atoms with van der Waals surface area (Å²) in [7, 11) is 0. The average molecular weight is 541 g/mol. The maximum Gasteiger partial charge on any atom is 0.187 e. The van der Waals surface area contributed by atoms with E-state index in [1.807, 2.05) is 0 Å². The van der Waals surface area contributed by atoms with E-state index < -0.39 is 74.3 Å². The van der Waals surface area contributed by atoms with Gasteiger partial charge in [0.15, 0.2) is 12.1 Å². The number of ketones is 1. The molecule has 1 aromatic rings. The summed E-state index contributed by atoms with van der Waals surface area (Å²) in [5.41, 5.74) is 0.147. The summed E-state index contributed by atoms with van der Waals surface area (Å²) in [6.07, 6.45) is -13.1.